The maximum Gasteiger partial charge on any atom is 0.0188 e. The van der Waals surface area contributed by atoms with Crippen molar-refractivity contribution in [3.05, 3.63) is 0 Å². The van der Waals surface area contributed by atoms with Gasteiger partial charge in [0, 0.05) is 5.54 Å². The summed E-state index contributed by atoms with van der Waals surface area (Å²) in [5.74, 6) is 2.99. The van der Waals surface area contributed by atoms with Gasteiger partial charge in [-0.05, 0) is 49.9 Å². The van der Waals surface area contributed by atoms with E-state index in [0.29, 0.717) is 5.54 Å². The standard InChI is InChI=1S/C9H15N.ClH/c10-9-4-6-1-7(5-9)3-8(9)2-6;/h6-8H,1-5,10H2;1H. The van der Waals surface area contributed by atoms with E-state index in [2.05, 4.69) is 0 Å². The van der Waals surface area contributed by atoms with Gasteiger partial charge < -0.3 is 5.73 Å². The van der Waals surface area contributed by atoms with E-state index in [-0.39, 0.29) is 12.4 Å². The van der Waals surface area contributed by atoms with Crippen LogP contribution in [-0.2, 0) is 0 Å². The fraction of sp³-hybridized carbons (Fsp3) is 1.00. The molecule has 2 atom stereocenters. The Kier molecular flexibility index (Phi) is 1.53. The number of hydrogen-bond donors (Lipinski definition) is 1. The Morgan fingerprint density at radius 3 is 1.91 bits per heavy atom. The molecule has 11 heavy (non-hydrogen) atoms. The molecule has 0 saturated heterocycles. The second-order valence-corrected chi connectivity index (χ2v) is 4.78. The average molecular weight is 174 g/mol. The minimum Gasteiger partial charge on any atom is -0.325 e. The first-order chi connectivity index (χ1) is 4.76. The van der Waals surface area contributed by atoms with E-state index in [1.54, 1.807) is 0 Å². The zero-order valence-electron chi connectivity index (χ0n) is 6.75. The molecule has 4 rings (SSSR count). The Labute approximate surface area is 74.1 Å². The van der Waals surface area contributed by atoms with Crippen molar-refractivity contribution in [2.75, 3.05) is 0 Å². The average Bonchev–Trinajstić information content (AvgIpc) is 2.14. The van der Waals surface area contributed by atoms with Gasteiger partial charge in [-0.15, -0.1) is 12.4 Å². The number of halogens is 1. The fourth-order valence-corrected chi connectivity index (χ4v) is 3.86. The van der Waals surface area contributed by atoms with Crippen LogP contribution < -0.4 is 5.73 Å². The van der Waals surface area contributed by atoms with Crippen molar-refractivity contribution >= 4 is 12.4 Å². The molecule has 0 spiro atoms. The van der Waals surface area contributed by atoms with Crippen LogP contribution in [0.3, 0.4) is 0 Å². The largest absolute Gasteiger partial charge is 0.325 e. The van der Waals surface area contributed by atoms with E-state index in [4.69, 9.17) is 5.73 Å². The van der Waals surface area contributed by atoms with Crippen LogP contribution in [0.15, 0.2) is 0 Å². The summed E-state index contributed by atoms with van der Waals surface area (Å²) in [6.45, 7) is 0. The van der Waals surface area contributed by atoms with Gasteiger partial charge in [0.25, 0.3) is 0 Å². The maximum atomic E-state index is 6.29. The van der Waals surface area contributed by atoms with E-state index in [1.165, 1.54) is 32.1 Å². The van der Waals surface area contributed by atoms with Gasteiger partial charge in [0.1, 0.15) is 0 Å². The SMILES string of the molecule is Cl.NC12CC3CC(CC1C3)C2. The summed E-state index contributed by atoms with van der Waals surface area (Å²) in [5.41, 5.74) is 6.61. The first kappa shape index (κ1) is 7.88. The minimum atomic E-state index is 0. The van der Waals surface area contributed by atoms with Gasteiger partial charge in [0.2, 0.25) is 0 Å². The van der Waals surface area contributed by atoms with E-state index >= 15 is 0 Å². The third kappa shape index (κ3) is 0.874. The van der Waals surface area contributed by atoms with Crippen molar-refractivity contribution in [3.8, 4) is 0 Å². The molecule has 0 aromatic rings. The molecule has 0 aromatic carbocycles. The molecule has 4 fully saturated rings. The molecule has 4 bridgehead atoms. The van der Waals surface area contributed by atoms with Gasteiger partial charge in [-0.1, -0.05) is 0 Å². The van der Waals surface area contributed by atoms with Gasteiger partial charge in [0.05, 0.1) is 0 Å². The number of hydrogen-bond acceptors (Lipinski definition) is 1. The van der Waals surface area contributed by atoms with E-state index in [1.807, 2.05) is 0 Å². The summed E-state index contributed by atoms with van der Waals surface area (Å²) in [6.07, 6.45) is 7.15. The topological polar surface area (TPSA) is 26.0 Å². The van der Waals surface area contributed by atoms with E-state index in [0.717, 1.165) is 17.8 Å². The fourth-order valence-electron chi connectivity index (χ4n) is 3.86. The summed E-state index contributed by atoms with van der Waals surface area (Å²) < 4.78 is 0. The highest BCUT2D eigenvalue weighted by atomic mass is 35.5. The number of nitrogens with two attached hydrogens (primary N) is 1. The molecule has 0 amide bonds. The van der Waals surface area contributed by atoms with Gasteiger partial charge in [-0.25, -0.2) is 0 Å². The van der Waals surface area contributed by atoms with Crippen LogP contribution in [0.4, 0.5) is 0 Å². The molecule has 64 valence electrons. The zero-order chi connectivity index (χ0) is 6.77. The van der Waals surface area contributed by atoms with Crippen LogP contribution in [-0.4, -0.2) is 5.54 Å². The van der Waals surface area contributed by atoms with Gasteiger partial charge in [-0.2, -0.15) is 0 Å². The molecule has 4 aliphatic rings. The third-order valence-electron chi connectivity index (χ3n) is 4.05. The molecule has 2 heteroatoms. The Hall–Kier alpha value is 0.250. The van der Waals surface area contributed by atoms with E-state index < -0.39 is 0 Å². The molecular weight excluding hydrogens is 158 g/mol. The quantitative estimate of drug-likeness (QED) is 0.596. The van der Waals surface area contributed by atoms with Crippen molar-refractivity contribution < 1.29 is 0 Å². The zero-order valence-corrected chi connectivity index (χ0v) is 7.57. The normalized spacial score (nSPS) is 58.1. The van der Waals surface area contributed by atoms with Crippen LogP contribution in [0.1, 0.15) is 32.1 Å². The molecule has 2 N–H and O–H groups in total. The monoisotopic (exact) mass is 173 g/mol. The molecule has 4 aliphatic carbocycles. The van der Waals surface area contributed by atoms with Crippen molar-refractivity contribution in [3.63, 3.8) is 0 Å². The predicted molar refractivity (Wildman–Crippen MR) is 47.7 cm³/mol. The van der Waals surface area contributed by atoms with Crippen LogP contribution in [0, 0.1) is 17.8 Å². The van der Waals surface area contributed by atoms with Crippen molar-refractivity contribution in [2.45, 2.75) is 37.6 Å². The molecular formula is C9H16ClN. The van der Waals surface area contributed by atoms with Gasteiger partial charge in [-0.3, -0.25) is 0 Å². The van der Waals surface area contributed by atoms with Gasteiger partial charge in [0.15, 0.2) is 0 Å². The molecule has 1 nitrogen and oxygen atoms in total. The van der Waals surface area contributed by atoms with Crippen LogP contribution in [0.5, 0.6) is 0 Å². The Bertz CT molecular complexity index is 166. The molecule has 0 aliphatic heterocycles. The summed E-state index contributed by atoms with van der Waals surface area (Å²) in [5, 5.41) is 0. The summed E-state index contributed by atoms with van der Waals surface area (Å²) in [7, 11) is 0. The Balaban J connectivity index is 0.000000480. The lowest BCUT2D eigenvalue weighted by atomic mass is 9.81. The van der Waals surface area contributed by atoms with Crippen molar-refractivity contribution in [1.82, 2.24) is 0 Å². The smallest absolute Gasteiger partial charge is 0.0188 e. The lowest BCUT2D eigenvalue weighted by molar-refractivity contribution is 0.268. The summed E-state index contributed by atoms with van der Waals surface area (Å²) in [4.78, 5) is 0. The van der Waals surface area contributed by atoms with Crippen LogP contribution in [0.25, 0.3) is 0 Å². The van der Waals surface area contributed by atoms with E-state index in [9.17, 15) is 0 Å². The van der Waals surface area contributed by atoms with Crippen molar-refractivity contribution in [2.24, 2.45) is 23.5 Å². The highest BCUT2D eigenvalue weighted by Gasteiger charge is 2.55. The highest BCUT2D eigenvalue weighted by Crippen LogP contribution is 2.58. The lowest BCUT2D eigenvalue weighted by Crippen LogP contribution is -2.40. The van der Waals surface area contributed by atoms with Crippen LogP contribution in [0.2, 0.25) is 0 Å². The first-order valence-electron chi connectivity index (χ1n) is 4.55. The molecule has 0 radical (unpaired) electrons. The Morgan fingerprint density at radius 1 is 1.00 bits per heavy atom. The Morgan fingerprint density at radius 2 is 1.55 bits per heavy atom. The maximum absolute atomic E-state index is 6.29. The molecule has 0 heterocycles. The van der Waals surface area contributed by atoms with Crippen molar-refractivity contribution in [1.29, 1.82) is 0 Å². The lowest BCUT2D eigenvalue weighted by Gasteiger charge is -2.28. The predicted octanol–water partition coefficient (Wildman–Crippen LogP) is 1.95. The second-order valence-electron chi connectivity index (χ2n) is 4.78. The summed E-state index contributed by atoms with van der Waals surface area (Å²) in [6, 6.07) is 0. The second kappa shape index (κ2) is 2.14. The first-order valence-corrected chi connectivity index (χ1v) is 4.55. The van der Waals surface area contributed by atoms with Gasteiger partial charge >= 0.3 is 0 Å². The molecule has 2 unspecified atom stereocenters. The van der Waals surface area contributed by atoms with Crippen LogP contribution >= 0.6 is 12.4 Å². The third-order valence-corrected chi connectivity index (χ3v) is 4.05. The summed E-state index contributed by atoms with van der Waals surface area (Å²) >= 11 is 0. The number of rotatable bonds is 0. The highest BCUT2D eigenvalue weighted by molar-refractivity contribution is 5.85. The molecule has 4 saturated carbocycles. The molecule has 0 aromatic heterocycles. The minimum absolute atomic E-state index is 0.